The molecule has 0 aliphatic heterocycles. The molecule has 0 fully saturated rings. The van der Waals surface area contributed by atoms with E-state index < -0.39 is 5.41 Å². The smallest absolute Gasteiger partial charge is 0.139 e. The molecule has 0 aromatic rings. The molecule has 0 spiro atoms. The fourth-order valence-corrected chi connectivity index (χ4v) is 2.34. The Kier molecular flexibility index (Phi) is 6.98. The second kappa shape index (κ2) is 7.33. The van der Waals surface area contributed by atoms with Gasteiger partial charge >= 0.3 is 0 Å². The molecule has 0 saturated carbocycles. The molecule has 21 heavy (non-hydrogen) atoms. The third kappa shape index (κ3) is 6.54. The van der Waals surface area contributed by atoms with Crippen LogP contribution >= 0.6 is 0 Å². The van der Waals surface area contributed by atoms with E-state index in [0.717, 1.165) is 6.29 Å². The summed E-state index contributed by atoms with van der Waals surface area (Å²) in [7, 11) is 0. The average Bonchev–Trinajstić information content (AvgIpc) is 2.33. The van der Waals surface area contributed by atoms with Crippen LogP contribution < -0.4 is 0 Å². The lowest BCUT2D eigenvalue weighted by Gasteiger charge is -2.29. The van der Waals surface area contributed by atoms with Crippen molar-refractivity contribution < 1.29 is 14.4 Å². The molecule has 3 atom stereocenters. The van der Waals surface area contributed by atoms with Crippen LogP contribution in [0.4, 0.5) is 0 Å². The first kappa shape index (κ1) is 20.0. The van der Waals surface area contributed by atoms with Crippen molar-refractivity contribution in [1.29, 1.82) is 0 Å². The van der Waals surface area contributed by atoms with E-state index in [0.29, 0.717) is 12.8 Å². The maximum absolute atomic E-state index is 12.5. The van der Waals surface area contributed by atoms with Gasteiger partial charge in [-0.05, 0) is 11.3 Å². The van der Waals surface area contributed by atoms with E-state index in [2.05, 4.69) is 0 Å². The van der Waals surface area contributed by atoms with Gasteiger partial charge in [-0.1, -0.05) is 55.4 Å². The van der Waals surface area contributed by atoms with E-state index in [-0.39, 0.29) is 34.7 Å². The Labute approximate surface area is 129 Å². The molecule has 0 radical (unpaired) electrons. The molecule has 0 aliphatic rings. The maximum Gasteiger partial charge on any atom is 0.139 e. The van der Waals surface area contributed by atoms with E-state index in [4.69, 9.17) is 0 Å². The van der Waals surface area contributed by atoms with Crippen LogP contribution in [0, 0.1) is 28.6 Å². The Morgan fingerprint density at radius 3 is 1.86 bits per heavy atom. The lowest BCUT2D eigenvalue weighted by molar-refractivity contribution is -0.135. The SMILES string of the molecule is CC(CC(=O)CC(C)(C)C)C(C)C(=O)C(C)C(C)(C)C=O. The molecule has 0 bridgehead atoms. The largest absolute Gasteiger partial charge is 0.303 e. The maximum atomic E-state index is 12.5. The summed E-state index contributed by atoms with van der Waals surface area (Å²) in [5.74, 6) is -0.245. The number of aldehydes is 1. The van der Waals surface area contributed by atoms with E-state index in [1.54, 1.807) is 20.8 Å². The molecule has 0 saturated heterocycles. The second-order valence-corrected chi connectivity index (χ2v) is 8.31. The Balaban J connectivity index is 4.71. The highest BCUT2D eigenvalue weighted by Gasteiger charge is 2.35. The molecule has 0 aliphatic carbocycles. The van der Waals surface area contributed by atoms with Gasteiger partial charge in [-0.3, -0.25) is 9.59 Å². The second-order valence-electron chi connectivity index (χ2n) is 8.31. The summed E-state index contributed by atoms with van der Waals surface area (Å²) in [6.45, 7) is 15.3. The van der Waals surface area contributed by atoms with Crippen LogP contribution in [0.5, 0.6) is 0 Å². The zero-order chi connectivity index (χ0) is 17.0. The van der Waals surface area contributed by atoms with Crippen LogP contribution in [0.25, 0.3) is 0 Å². The van der Waals surface area contributed by atoms with Crippen LogP contribution in [0.15, 0.2) is 0 Å². The summed E-state index contributed by atoms with van der Waals surface area (Å²) >= 11 is 0. The van der Waals surface area contributed by atoms with Crippen molar-refractivity contribution in [2.75, 3.05) is 0 Å². The molecule has 122 valence electrons. The van der Waals surface area contributed by atoms with E-state index in [1.807, 2.05) is 34.6 Å². The molecular weight excluding hydrogens is 264 g/mol. The topological polar surface area (TPSA) is 51.2 Å². The summed E-state index contributed by atoms with van der Waals surface area (Å²) in [4.78, 5) is 35.6. The molecule has 3 unspecified atom stereocenters. The zero-order valence-electron chi connectivity index (χ0n) is 14.9. The van der Waals surface area contributed by atoms with Crippen LogP contribution in [-0.4, -0.2) is 17.9 Å². The van der Waals surface area contributed by atoms with Gasteiger partial charge in [-0.25, -0.2) is 0 Å². The number of Topliss-reactive ketones (excluding diaryl/α,β-unsaturated/α-hetero) is 2. The Morgan fingerprint density at radius 2 is 1.48 bits per heavy atom. The van der Waals surface area contributed by atoms with Crippen molar-refractivity contribution in [2.45, 2.75) is 68.2 Å². The number of hydrogen-bond donors (Lipinski definition) is 0. The molecule has 3 nitrogen and oxygen atoms in total. The normalized spacial score (nSPS) is 17.0. The van der Waals surface area contributed by atoms with Crippen molar-refractivity contribution in [2.24, 2.45) is 28.6 Å². The van der Waals surface area contributed by atoms with E-state index in [1.165, 1.54) is 0 Å². The van der Waals surface area contributed by atoms with Crippen LogP contribution in [0.1, 0.15) is 68.2 Å². The average molecular weight is 296 g/mol. The third-order valence-corrected chi connectivity index (χ3v) is 4.43. The van der Waals surface area contributed by atoms with Gasteiger partial charge in [-0.2, -0.15) is 0 Å². The van der Waals surface area contributed by atoms with Crippen molar-refractivity contribution >= 4 is 17.9 Å². The first-order valence-electron chi connectivity index (χ1n) is 7.83. The zero-order valence-corrected chi connectivity index (χ0v) is 14.9. The van der Waals surface area contributed by atoms with Gasteiger partial charge < -0.3 is 4.79 Å². The minimum absolute atomic E-state index is 0.0113. The highest BCUT2D eigenvalue weighted by molar-refractivity contribution is 5.87. The number of carbonyl (C=O) groups is 3. The number of ketones is 2. The van der Waals surface area contributed by atoms with Gasteiger partial charge in [0.1, 0.15) is 17.9 Å². The number of hydrogen-bond acceptors (Lipinski definition) is 3. The predicted molar refractivity (Wildman–Crippen MR) is 86.0 cm³/mol. The van der Waals surface area contributed by atoms with Gasteiger partial charge in [0.15, 0.2) is 0 Å². The quantitative estimate of drug-likeness (QED) is 0.634. The van der Waals surface area contributed by atoms with Gasteiger partial charge in [0.25, 0.3) is 0 Å². The molecule has 0 aromatic carbocycles. The number of rotatable bonds is 8. The summed E-state index contributed by atoms with van der Waals surface area (Å²) in [6.07, 6.45) is 1.81. The molecule has 0 aromatic heterocycles. The summed E-state index contributed by atoms with van der Waals surface area (Å²) < 4.78 is 0. The molecule has 3 heteroatoms. The van der Waals surface area contributed by atoms with Crippen molar-refractivity contribution in [3.05, 3.63) is 0 Å². The molecule has 0 heterocycles. The fourth-order valence-electron chi connectivity index (χ4n) is 2.34. The first-order chi connectivity index (χ1) is 9.31. The number of carbonyl (C=O) groups excluding carboxylic acids is 3. The van der Waals surface area contributed by atoms with Crippen molar-refractivity contribution in [3.63, 3.8) is 0 Å². The van der Waals surface area contributed by atoms with Gasteiger partial charge in [0.2, 0.25) is 0 Å². The van der Waals surface area contributed by atoms with Crippen molar-refractivity contribution in [3.8, 4) is 0 Å². The highest BCUT2D eigenvalue weighted by atomic mass is 16.1. The van der Waals surface area contributed by atoms with Gasteiger partial charge in [-0.15, -0.1) is 0 Å². The van der Waals surface area contributed by atoms with Gasteiger partial charge in [0, 0.05) is 30.1 Å². The fraction of sp³-hybridized carbons (Fsp3) is 0.833. The third-order valence-electron chi connectivity index (χ3n) is 4.43. The molecule has 0 N–H and O–H groups in total. The molecular formula is C18H32O3. The van der Waals surface area contributed by atoms with Crippen LogP contribution in [0.2, 0.25) is 0 Å². The summed E-state index contributed by atoms with van der Waals surface area (Å²) in [5.41, 5.74) is -0.669. The Bertz CT molecular complexity index is 388. The highest BCUT2D eigenvalue weighted by Crippen LogP contribution is 2.31. The monoisotopic (exact) mass is 296 g/mol. The Morgan fingerprint density at radius 1 is 1.00 bits per heavy atom. The van der Waals surface area contributed by atoms with Gasteiger partial charge in [0.05, 0.1) is 0 Å². The molecule has 0 rings (SSSR count). The van der Waals surface area contributed by atoms with E-state index >= 15 is 0 Å². The predicted octanol–water partition coefficient (Wildman–Crippen LogP) is 4.08. The van der Waals surface area contributed by atoms with Crippen LogP contribution in [-0.2, 0) is 14.4 Å². The minimum Gasteiger partial charge on any atom is -0.303 e. The summed E-state index contributed by atoms with van der Waals surface area (Å²) in [5, 5.41) is 0. The minimum atomic E-state index is -0.652. The van der Waals surface area contributed by atoms with E-state index in [9.17, 15) is 14.4 Å². The summed E-state index contributed by atoms with van der Waals surface area (Å²) in [6, 6.07) is 0. The standard InChI is InChI=1S/C18H32O3/c1-12(9-15(20)10-17(4,5)6)13(2)16(21)14(3)18(7,8)11-19/h11-14H,9-10H2,1-8H3. The lowest BCUT2D eigenvalue weighted by atomic mass is 9.72. The Hall–Kier alpha value is -0.990. The van der Waals surface area contributed by atoms with Crippen LogP contribution in [0.3, 0.4) is 0 Å². The van der Waals surface area contributed by atoms with Crippen molar-refractivity contribution in [1.82, 2.24) is 0 Å². The molecule has 0 amide bonds. The first-order valence-corrected chi connectivity index (χ1v) is 7.83. The lowest BCUT2D eigenvalue weighted by Crippen LogP contribution is -2.35.